The molecule has 104 valence electrons. The summed E-state index contributed by atoms with van der Waals surface area (Å²) in [6.45, 7) is 13.4. The Hall–Kier alpha value is -0.600. The van der Waals surface area contributed by atoms with Gasteiger partial charge in [-0.25, -0.2) is 0 Å². The summed E-state index contributed by atoms with van der Waals surface area (Å²) in [4.78, 5) is 0. The first-order valence-electron chi connectivity index (χ1n) is 7.11. The average Bonchev–Trinajstić information content (AvgIpc) is 2.29. The maximum Gasteiger partial charge on any atom is 0.168 e. The zero-order valence-corrected chi connectivity index (χ0v) is 12.1. The van der Waals surface area contributed by atoms with Crippen molar-refractivity contribution in [3.8, 4) is 0 Å². The van der Waals surface area contributed by atoms with Gasteiger partial charge in [-0.1, -0.05) is 17.6 Å². The molecule has 0 aliphatic heterocycles. The van der Waals surface area contributed by atoms with Crippen LogP contribution in [0.25, 0.3) is 0 Å². The normalized spacial score (nSPS) is 18.6. The van der Waals surface area contributed by atoms with Gasteiger partial charge in [0.2, 0.25) is 0 Å². The molecule has 0 aromatic rings. The third kappa shape index (κ3) is 5.83. The van der Waals surface area contributed by atoms with Gasteiger partial charge in [0.25, 0.3) is 0 Å². The Bertz CT molecular complexity index is 253. The van der Waals surface area contributed by atoms with Crippen LogP contribution >= 0.6 is 0 Å². The topological polar surface area (TPSA) is 18.5 Å². The van der Waals surface area contributed by atoms with Gasteiger partial charge in [0.1, 0.15) is 0 Å². The summed E-state index contributed by atoms with van der Waals surface area (Å²) < 4.78 is 12.1. The first kappa shape index (κ1) is 15.5. The van der Waals surface area contributed by atoms with Gasteiger partial charge in [-0.2, -0.15) is 0 Å². The largest absolute Gasteiger partial charge is 0.350 e. The van der Waals surface area contributed by atoms with Crippen LogP contribution in [-0.2, 0) is 9.47 Å². The molecule has 2 heteroatoms. The summed E-state index contributed by atoms with van der Waals surface area (Å²) in [6.07, 6.45) is 7.62. The molecule has 1 saturated carbocycles. The average molecular weight is 252 g/mol. The van der Waals surface area contributed by atoms with Crippen LogP contribution in [0.1, 0.15) is 58.8 Å². The highest BCUT2D eigenvalue weighted by Crippen LogP contribution is 2.33. The zero-order chi connectivity index (χ0) is 13.4. The number of hydrogen-bond donors (Lipinski definition) is 0. The van der Waals surface area contributed by atoms with E-state index in [1.54, 1.807) is 0 Å². The van der Waals surface area contributed by atoms with Crippen molar-refractivity contribution in [2.75, 3.05) is 13.2 Å². The lowest BCUT2D eigenvalue weighted by Crippen LogP contribution is -2.39. The molecule has 0 N–H and O–H groups in total. The van der Waals surface area contributed by atoms with Gasteiger partial charge in [-0.3, -0.25) is 0 Å². The van der Waals surface area contributed by atoms with E-state index in [4.69, 9.17) is 9.47 Å². The van der Waals surface area contributed by atoms with Crippen LogP contribution in [0.4, 0.5) is 0 Å². The molecule has 0 heterocycles. The molecule has 0 radical (unpaired) electrons. The maximum absolute atomic E-state index is 6.05. The standard InChI is InChI=1S/C16H28O2/c1-14(2)8-12-17-16(10-6-5-7-11-16)18-13-9-15(3)4/h1,3,5-13H2,2,4H3. The predicted molar refractivity (Wildman–Crippen MR) is 76.6 cm³/mol. The monoisotopic (exact) mass is 252 g/mol. The molecule has 1 aliphatic rings. The first-order valence-corrected chi connectivity index (χ1v) is 7.11. The van der Waals surface area contributed by atoms with Crippen LogP contribution < -0.4 is 0 Å². The van der Waals surface area contributed by atoms with E-state index in [0.717, 1.165) is 38.9 Å². The Morgan fingerprint density at radius 3 is 1.72 bits per heavy atom. The Morgan fingerprint density at radius 2 is 1.33 bits per heavy atom. The highest BCUT2D eigenvalue weighted by atomic mass is 16.7. The van der Waals surface area contributed by atoms with E-state index in [9.17, 15) is 0 Å². The molecule has 0 saturated heterocycles. The predicted octanol–water partition coefficient (Wildman–Crippen LogP) is 4.61. The minimum Gasteiger partial charge on any atom is -0.350 e. The van der Waals surface area contributed by atoms with Gasteiger partial charge in [-0.05, 0) is 39.5 Å². The highest BCUT2D eigenvalue weighted by Gasteiger charge is 2.33. The molecule has 0 aromatic heterocycles. The molecule has 0 atom stereocenters. The lowest BCUT2D eigenvalue weighted by atomic mass is 9.94. The van der Waals surface area contributed by atoms with E-state index >= 15 is 0 Å². The summed E-state index contributed by atoms with van der Waals surface area (Å²) in [5, 5.41) is 0. The van der Waals surface area contributed by atoms with Crippen LogP contribution in [0.2, 0.25) is 0 Å². The van der Waals surface area contributed by atoms with Crippen LogP contribution in [0.3, 0.4) is 0 Å². The van der Waals surface area contributed by atoms with Crippen molar-refractivity contribution < 1.29 is 9.47 Å². The maximum atomic E-state index is 6.05. The van der Waals surface area contributed by atoms with E-state index in [2.05, 4.69) is 13.2 Å². The molecule has 1 fully saturated rings. The SMILES string of the molecule is C=C(C)CCOC1(OCCC(=C)C)CCCCC1. The molecule has 0 unspecified atom stereocenters. The Labute approximate surface area is 112 Å². The smallest absolute Gasteiger partial charge is 0.168 e. The fourth-order valence-corrected chi connectivity index (χ4v) is 2.24. The molecule has 0 spiro atoms. The molecule has 2 nitrogen and oxygen atoms in total. The van der Waals surface area contributed by atoms with E-state index in [-0.39, 0.29) is 5.79 Å². The van der Waals surface area contributed by atoms with Crippen molar-refractivity contribution in [1.82, 2.24) is 0 Å². The van der Waals surface area contributed by atoms with E-state index in [0.29, 0.717) is 0 Å². The summed E-state index contributed by atoms with van der Waals surface area (Å²) >= 11 is 0. The van der Waals surface area contributed by atoms with Gasteiger partial charge in [0, 0.05) is 12.8 Å². The van der Waals surface area contributed by atoms with Gasteiger partial charge in [0.15, 0.2) is 5.79 Å². The van der Waals surface area contributed by atoms with Crippen LogP contribution in [0, 0.1) is 0 Å². The van der Waals surface area contributed by atoms with Crippen molar-refractivity contribution in [1.29, 1.82) is 0 Å². The minimum atomic E-state index is -0.330. The second kappa shape index (κ2) is 7.75. The lowest BCUT2D eigenvalue weighted by Gasteiger charge is -2.37. The van der Waals surface area contributed by atoms with Gasteiger partial charge >= 0.3 is 0 Å². The summed E-state index contributed by atoms with van der Waals surface area (Å²) in [7, 11) is 0. The molecule has 1 aliphatic carbocycles. The van der Waals surface area contributed by atoms with E-state index in [1.165, 1.54) is 30.4 Å². The van der Waals surface area contributed by atoms with Crippen molar-refractivity contribution in [2.24, 2.45) is 0 Å². The summed E-state index contributed by atoms with van der Waals surface area (Å²) in [5.74, 6) is -0.330. The molecule has 0 bridgehead atoms. The van der Waals surface area contributed by atoms with E-state index in [1.807, 2.05) is 13.8 Å². The Morgan fingerprint density at radius 1 is 0.889 bits per heavy atom. The number of hydrogen-bond acceptors (Lipinski definition) is 2. The van der Waals surface area contributed by atoms with Gasteiger partial charge < -0.3 is 9.47 Å². The summed E-state index contributed by atoms with van der Waals surface area (Å²) in [5.41, 5.74) is 2.34. The Kier molecular flexibility index (Phi) is 6.66. The lowest BCUT2D eigenvalue weighted by molar-refractivity contribution is -0.251. The van der Waals surface area contributed by atoms with Crippen molar-refractivity contribution in [2.45, 2.75) is 64.6 Å². The highest BCUT2D eigenvalue weighted by molar-refractivity contribution is 4.89. The first-order chi connectivity index (χ1) is 8.54. The van der Waals surface area contributed by atoms with Crippen molar-refractivity contribution in [3.05, 3.63) is 24.3 Å². The fraction of sp³-hybridized carbons (Fsp3) is 0.750. The van der Waals surface area contributed by atoms with Crippen LogP contribution in [0.15, 0.2) is 24.3 Å². The van der Waals surface area contributed by atoms with Gasteiger partial charge in [0.05, 0.1) is 13.2 Å². The zero-order valence-electron chi connectivity index (χ0n) is 12.1. The van der Waals surface area contributed by atoms with Crippen molar-refractivity contribution in [3.63, 3.8) is 0 Å². The van der Waals surface area contributed by atoms with Gasteiger partial charge in [-0.15, -0.1) is 13.2 Å². The second-order valence-electron chi connectivity index (χ2n) is 5.58. The quantitative estimate of drug-likeness (QED) is 0.464. The number of ether oxygens (including phenoxy) is 2. The molecule has 0 amide bonds. The molecule has 0 aromatic carbocycles. The third-order valence-electron chi connectivity index (χ3n) is 3.40. The number of rotatable bonds is 8. The summed E-state index contributed by atoms with van der Waals surface area (Å²) in [6, 6.07) is 0. The second-order valence-corrected chi connectivity index (χ2v) is 5.58. The Balaban J connectivity index is 2.41. The molecular formula is C16H28O2. The third-order valence-corrected chi connectivity index (χ3v) is 3.40. The molecule has 1 rings (SSSR count). The fourth-order valence-electron chi connectivity index (χ4n) is 2.24. The molecule has 18 heavy (non-hydrogen) atoms. The van der Waals surface area contributed by atoms with Crippen LogP contribution in [0.5, 0.6) is 0 Å². The van der Waals surface area contributed by atoms with E-state index < -0.39 is 0 Å². The van der Waals surface area contributed by atoms with Crippen LogP contribution in [-0.4, -0.2) is 19.0 Å². The van der Waals surface area contributed by atoms with Crippen molar-refractivity contribution >= 4 is 0 Å². The minimum absolute atomic E-state index is 0.330. The molecular weight excluding hydrogens is 224 g/mol.